The van der Waals surface area contributed by atoms with Crippen LogP contribution in [0, 0.1) is 5.82 Å². The van der Waals surface area contributed by atoms with E-state index in [1.165, 1.54) is 16.4 Å². The van der Waals surface area contributed by atoms with Gasteiger partial charge in [0, 0.05) is 17.1 Å². The van der Waals surface area contributed by atoms with E-state index in [1.54, 1.807) is 6.07 Å². The Balaban J connectivity index is 2.40. The largest absolute Gasteiger partial charge is 0.246 e. The van der Waals surface area contributed by atoms with Crippen LogP contribution in [0.4, 0.5) is 4.39 Å². The molecule has 1 unspecified atom stereocenters. The summed E-state index contributed by atoms with van der Waals surface area (Å²) in [7, 11) is -3.74. The van der Waals surface area contributed by atoms with Gasteiger partial charge in [-0.05, 0) is 38.0 Å². The molecule has 1 saturated heterocycles. The molecule has 0 aromatic heterocycles. The van der Waals surface area contributed by atoms with Crippen LogP contribution in [0.25, 0.3) is 0 Å². The quantitative estimate of drug-likeness (QED) is 0.818. The molecule has 1 aromatic carbocycles. The van der Waals surface area contributed by atoms with Crippen LogP contribution < -0.4 is 0 Å². The molecule has 0 amide bonds. The van der Waals surface area contributed by atoms with Gasteiger partial charge in [-0.2, -0.15) is 4.31 Å². The molecule has 1 aliphatic heterocycles. The normalized spacial score (nSPS) is 22.2. The molecule has 1 fully saturated rings. The van der Waals surface area contributed by atoms with E-state index in [4.69, 9.17) is 0 Å². The molecule has 19 heavy (non-hydrogen) atoms. The van der Waals surface area contributed by atoms with Crippen molar-refractivity contribution in [2.24, 2.45) is 0 Å². The predicted molar refractivity (Wildman–Crippen MR) is 75.9 cm³/mol. The van der Waals surface area contributed by atoms with Gasteiger partial charge in [-0.1, -0.05) is 28.8 Å². The van der Waals surface area contributed by atoms with Crippen LogP contribution in [0.15, 0.2) is 27.6 Å². The van der Waals surface area contributed by atoms with Crippen molar-refractivity contribution in [2.75, 3.05) is 6.54 Å². The van der Waals surface area contributed by atoms with Gasteiger partial charge in [0.1, 0.15) is 10.7 Å². The molecule has 1 aliphatic rings. The summed E-state index contributed by atoms with van der Waals surface area (Å²) in [5.41, 5.74) is 0. The van der Waals surface area contributed by atoms with Crippen LogP contribution in [0.2, 0.25) is 0 Å². The lowest BCUT2D eigenvalue weighted by atomic mass is 10.1. The Morgan fingerprint density at radius 1 is 1.32 bits per heavy atom. The molecule has 1 atom stereocenters. The summed E-state index contributed by atoms with van der Waals surface area (Å²) in [6, 6.07) is 4.00. The number of benzene rings is 1. The fourth-order valence-corrected chi connectivity index (χ4v) is 4.50. The summed E-state index contributed by atoms with van der Waals surface area (Å²) in [6.07, 6.45) is 3.72. The first-order valence-corrected chi connectivity index (χ1v) is 8.63. The Bertz CT molecular complexity index is 562. The van der Waals surface area contributed by atoms with Crippen LogP contribution in [-0.2, 0) is 10.0 Å². The van der Waals surface area contributed by atoms with Crippen molar-refractivity contribution in [1.29, 1.82) is 0 Å². The molecule has 0 radical (unpaired) electrons. The molecular weight excluding hydrogens is 333 g/mol. The maximum absolute atomic E-state index is 13.9. The van der Waals surface area contributed by atoms with Gasteiger partial charge in [0.2, 0.25) is 10.0 Å². The van der Waals surface area contributed by atoms with E-state index in [0.29, 0.717) is 11.0 Å². The van der Waals surface area contributed by atoms with Gasteiger partial charge >= 0.3 is 0 Å². The number of nitrogens with zero attached hydrogens (tertiary/aromatic N) is 1. The number of halogens is 2. The fraction of sp³-hybridized carbons (Fsp3) is 0.538. The zero-order valence-corrected chi connectivity index (χ0v) is 13.2. The van der Waals surface area contributed by atoms with Crippen molar-refractivity contribution >= 4 is 26.0 Å². The maximum atomic E-state index is 13.9. The zero-order chi connectivity index (χ0) is 14.0. The van der Waals surface area contributed by atoms with Gasteiger partial charge < -0.3 is 0 Å². The van der Waals surface area contributed by atoms with Crippen LogP contribution in [-0.4, -0.2) is 25.3 Å². The van der Waals surface area contributed by atoms with E-state index >= 15 is 0 Å². The van der Waals surface area contributed by atoms with E-state index in [9.17, 15) is 12.8 Å². The average Bonchev–Trinajstić information content (AvgIpc) is 2.53. The number of rotatable bonds is 2. The van der Waals surface area contributed by atoms with Gasteiger partial charge in [0.25, 0.3) is 0 Å². The molecule has 0 aliphatic carbocycles. The van der Waals surface area contributed by atoms with Crippen LogP contribution in [0.5, 0.6) is 0 Å². The van der Waals surface area contributed by atoms with E-state index in [1.807, 2.05) is 6.92 Å². The summed E-state index contributed by atoms with van der Waals surface area (Å²) >= 11 is 3.13. The van der Waals surface area contributed by atoms with Crippen LogP contribution in [0.1, 0.15) is 32.6 Å². The topological polar surface area (TPSA) is 37.4 Å². The molecule has 1 heterocycles. The summed E-state index contributed by atoms with van der Waals surface area (Å²) in [6.45, 7) is 2.36. The Labute approximate surface area is 122 Å². The Hall–Kier alpha value is -0.460. The summed E-state index contributed by atoms with van der Waals surface area (Å²) in [4.78, 5) is -0.232. The van der Waals surface area contributed by atoms with Crippen molar-refractivity contribution in [1.82, 2.24) is 4.31 Å². The minimum absolute atomic E-state index is 0.0736. The smallest absolute Gasteiger partial charge is 0.207 e. The first-order valence-electron chi connectivity index (χ1n) is 6.40. The van der Waals surface area contributed by atoms with Crippen molar-refractivity contribution in [3.05, 3.63) is 28.5 Å². The van der Waals surface area contributed by atoms with E-state index in [-0.39, 0.29) is 10.9 Å². The van der Waals surface area contributed by atoms with E-state index in [0.717, 1.165) is 25.7 Å². The van der Waals surface area contributed by atoms with Crippen LogP contribution >= 0.6 is 15.9 Å². The highest BCUT2D eigenvalue weighted by molar-refractivity contribution is 9.10. The molecule has 106 valence electrons. The molecule has 0 bridgehead atoms. The highest BCUT2D eigenvalue weighted by atomic mass is 79.9. The van der Waals surface area contributed by atoms with Gasteiger partial charge in [0.15, 0.2) is 0 Å². The second-order valence-electron chi connectivity index (χ2n) is 4.89. The van der Waals surface area contributed by atoms with Gasteiger partial charge in [-0.15, -0.1) is 0 Å². The minimum atomic E-state index is -3.74. The first-order chi connectivity index (χ1) is 8.93. The predicted octanol–water partition coefficient (Wildman–Crippen LogP) is 3.54. The number of hydrogen-bond donors (Lipinski definition) is 0. The molecule has 6 heteroatoms. The minimum Gasteiger partial charge on any atom is -0.207 e. The summed E-state index contributed by atoms with van der Waals surface area (Å²) in [5.74, 6) is -0.703. The van der Waals surface area contributed by atoms with Gasteiger partial charge in [0.05, 0.1) is 0 Å². The zero-order valence-electron chi connectivity index (χ0n) is 10.8. The van der Waals surface area contributed by atoms with Crippen LogP contribution in [0.3, 0.4) is 0 Å². The van der Waals surface area contributed by atoms with Crippen molar-refractivity contribution in [2.45, 2.75) is 43.5 Å². The number of hydrogen-bond acceptors (Lipinski definition) is 2. The number of sulfonamides is 1. The third kappa shape index (κ3) is 3.17. The third-order valence-corrected chi connectivity index (χ3v) is 6.01. The lowest BCUT2D eigenvalue weighted by Gasteiger charge is -2.26. The lowest BCUT2D eigenvalue weighted by molar-refractivity contribution is 0.340. The van der Waals surface area contributed by atoms with Gasteiger partial charge in [-0.3, -0.25) is 0 Å². The molecule has 0 N–H and O–H groups in total. The lowest BCUT2D eigenvalue weighted by Crippen LogP contribution is -2.38. The first kappa shape index (κ1) is 14.9. The highest BCUT2D eigenvalue weighted by Gasteiger charge is 2.31. The van der Waals surface area contributed by atoms with E-state index in [2.05, 4.69) is 15.9 Å². The van der Waals surface area contributed by atoms with Gasteiger partial charge in [-0.25, -0.2) is 12.8 Å². The van der Waals surface area contributed by atoms with Crippen molar-refractivity contribution in [3.8, 4) is 0 Å². The second kappa shape index (κ2) is 5.89. The molecular formula is C13H17BrFNO2S. The maximum Gasteiger partial charge on any atom is 0.246 e. The molecule has 0 spiro atoms. The standard InChI is InChI=1S/C13H17BrFNO2S/c1-10-5-3-2-4-8-16(10)19(17,18)13-7-6-11(14)9-12(13)15/h6-7,9-10H,2-5,8H2,1H3. The SMILES string of the molecule is CC1CCCCCN1S(=O)(=O)c1ccc(Br)cc1F. The summed E-state index contributed by atoms with van der Waals surface area (Å²) in [5, 5.41) is 0. The second-order valence-corrected chi connectivity index (χ2v) is 7.66. The molecule has 1 aromatic rings. The average molecular weight is 350 g/mol. The highest BCUT2D eigenvalue weighted by Crippen LogP contribution is 2.27. The van der Waals surface area contributed by atoms with E-state index < -0.39 is 15.8 Å². The third-order valence-electron chi connectivity index (χ3n) is 3.47. The van der Waals surface area contributed by atoms with Crippen molar-refractivity contribution in [3.63, 3.8) is 0 Å². The van der Waals surface area contributed by atoms with Crippen molar-refractivity contribution < 1.29 is 12.8 Å². The Morgan fingerprint density at radius 3 is 2.74 bits per heavy atom. The molecule has 3 nitrogen and oxygen atoms in total. The molecule has 0 saturated carbocycles. The monoisotopic (exact) mass is 349 g/mol. The Kier molecular flexibility index (Phi) is 4.63. The summed E-state index contributed by atoms with van der Waals surface area (Å²) < 4.78 is 41.0. The Morgan fingerprint density at radius 2 is 2.05 bits per heavy atom. The fourth-order valence-electron chi connectivity index (χ4n) is 2.42. The molecule has 2 rings (SSSR count).